The lowest BCUT2D eigenvalue weighted by Gasteiger charge is -2.32. The second-order valence-electron chi connectivity index (χ2n) is 10.2. The summed E-state index contributed by atoms with van der Waals surface area (Å²) >= 11 is 1.23. The van der Waals surface area contributed by atoms with E-state index in [4.69, 9.17) is 10.5 Å². The number of hydrogen-bond donors (Lipinski definition) is 3. The Morgan fingerprint density at radius 3 is 2.79 bits per heavy atom. The molecule has 0 radical (unpaired) electrons. The van der Waals surface area contributed by atoms with Crippen molar-refractivity contribution in [2.24, 2.45) is 5.73 Å². The second kappa shape index (κ2) is 11.6. The largest absolute Gasteiger partial charge is 0.457 e. The average molecular weight is 583 g/mol. The molecule has 11 heteroatoms. The number of pyridine rings is 1. The molecule has 4 aromatic rings. The SMILES string of the molecule is Cc1cc(Oc2ccccc2)ccc1N1C(=O)Nc2c(C(=O)NC3CCCN(C(=O)C=CCN)C3)sc3nccc1c23. The molecule has 1 atom stereocenters. The molecule has 0 bridgehead atoms. The normalized spacial score (nSPS) is 16.5. The maximum absolute atomic E-state index is 13.6. The topological polar surface area (TPSA) is 130 Å². The second-order valence-corrected chi connectivity index (χ2v) is 11.2. The van der Waals surface area contributed by atoms with Crippen LogP contribution < -0.4 is 26.0 Å². The molecule has 42 heavy (non-hydrogen) atoms. The maximum Gasteiger partial charge on any atom is 0.331 e. The van der Waals surface area contributed by atoms with Crippen LogP contribution in [0.1, 0.15) is 28.1 Å². The Morgan fingerprint density at radius 2 is 2.00 bits per heavy atom. The van der Waals surface area contributed by atoms with Gasteiger partial charge in [-0.1, -0.05) is 24.3 Å². The van der Waals surface area contributed by atoms with Crippen molar-refractivity contribution in [3.05, 3.63) is 83.4 Å². The number of amides is 4. The highest BCUT2D eigenvalue weighted by atomic mass is 32.1. The van der Waals surface area contributed by atoms with Gasteiger partial charge in [0.1, 0.15) is 21.2 Å². The van der Waals surface area contributed by atoms with Gasteiger partial charge >= 0.3 is 6.03 Å². The third-order valence-corrected chi connectivity index (χ3v) is 8.40. The summed E-state index contributed by atoms with van der Waals surface area (Å²) in [6, 6.07) is 16.3. The van der Waals surface area contributed by atoms with Gasteiger partial charge < -0.3 is 26.0 Å². The molecule has 4 N–H and O–H groups in total. The van der Waals surface area contributed by atoms with E-state index in [1.807, 2.05) is 55.5 Å². The summed E-state index contributed by atoms with van der Waals surface area (Å²) in [6.45, 7) is 3.25. The number of benzene rings is 2. The monoisotopic (exact) mass is 582 g/mol. The quantitative estimate of drug-likeness (QED) is 0.253. The summed E-state index contributed by atoms with van der Waals surface area (Å²) in [5, 5.41) is 6.73. The molecule has 0 aliphatic carbocycles. The number of rotatable bonds is 7. The number of carbonyl (C=O) groups excluding carboxylic acids is 3. The molecule has 214 valence electrons. The number of urea groups is 1. The lowest BCUT2D eigenvalue weighted by Crippen LogP contribution is -2.49. The summed E-state index contributed by atoms with van der Waals surface area (Å²) < 4.78 is 5.97. The Balaban J connectivity index is 1.26. The molecule has 1 fully saturated rings. The van der Waals surface area contributed by atoms with Gasteiger partial charge in [-0.05, 0) is 61.7 Å². The molecule has 2 aromatic carbocycles. The molecule has 10 nitrogen and oxygen atoms in total. The summed E-state index contributed by atoms with van der Waals surface area (Å²) in [7, 11) is 0. The van der Waals surface area contributed by atoms with Crippen LogP contribution in [0.2, 0.25) is 0 Å². The van der Waals surface area contributed by atoms with E-state index in [1.165, 1.54) is 17.4 Å². The van der Waals surface area contributed by atoms with Crippen molar-refractivity contribution in [1.29, 1.82) is 0 Å². The van der Waals surface area contributed by atoms with E-state index in [0.717, 1.165) is 24.2 Å². The van der Waals surface area contributed by atoms with Crippen LogP contribution in [0.4, 0.5) is 21.9 Å². The molecule has 4 heterocycles. The molecule has 4 amide bonds. The molecule has 1 saturated heterocycles. The Morgan fingerprint density at radius 1 is 1.17 bits per heavy atom. The van der Waals surface area contributed by atoms with E-state index >= 15 is 0 Å². The van der Waals surface area contributed by atoms with Crippen LogP contribution in [0.3, 0.4) is 0 Å². The predicted molar refractivity (Wildman–Crippen MR) is 164 cm³/mol. The number of nitrogens with two attached hydrogens (primary N) is 1. The summed E-state index contributed by atoms with van der Waals surface area (Å²) in [6.07, 6.45) is 6.27. The van der Waals surface area contributed by atoms with Gasteiger partial charge in [0, 0.05) is 37.9 Å². The fourth-order valence-corrected chi connectivity index (χ4v) is 6.39. The fraction of sp³-hybridized carbons (Fsp3) is 0.226. The fourth-order valence-electron chi connectivity index (χ4n) is 5.37. The number of anilines is 3. The lowest BCUT2D eigenvalue weighted by atomic mass is 10.0. The first-order chi connectivity index (χ1) is 20.4. The Kier molecular flexibility index (Phi) is 7.60. The number of nitrogens with one attached hydrogen (secondary N) is 2. The zero-order valence-corrected chi connectivity index (χ0v) is 23.8. The first-order valence-electron chi connectivity index (χ1n) is 13.8. The number of hydrogen-bond acceptors (Lipinski definition) is 7. The number of nitrogens with zero attached hydrogens (tertiary/aromatic N) is 3. The van der Waals surface area contributed by atoms with Gasteiger partial charge in [0.2, 0.25) is 5.91 Å². The van der Waals surface area contributed by atoms with Crippen molar-refractivity contribution >= 4 is 56.5 Å². The van der Waals surface area contributed by atoms with Crippen LogP contribution in [0.15, 0.2) is 72.9 Å². The van der Waals surface area contributed by atoms with Gasteiger partial charge in [0.25, 0.3) is 5.91 Å². The highest BCUT2D eigenvalue weighted by Crippen LogP contribution is 2.46. The molecular weight excluding hydrogens is 552 g/mol. The number of piperidine rings is 1. The minimum absolute atomic E-state index is 0.118. The zero-order chi connectivity index (χ0) is 29.2. The van der Waals surface area contributed by atoms with Crippen molar-refractivity contribution in [3.8, 4) is 11.5 Å². The molecule has 0 saturated carbocycles. The first-order valence-corrected chi connectivity index (χ1v) is 14.6. The Bertz CT molecular complexity index is 1700. The van der Waals surface area contributed by atoms with Crippen LogP contribution in [-0.4, -0.2) is 53.4 Å². The molecule has 2 aliphatic rings. The van der Waals surface area contributed by atoms with Gasteiger partial charge in [0.05, 0.1) is 22.4 Å². The number of thiophene rings is 1. The van der Waals surface area contributed by atoms with E-state index in [9.17, 15) is 14.4 Å². The Hall–Kier alpha value is -4.74. The number of carbonyl (C=O) groups is 3. The minimum Gasteiger partial charge on any atom is -0.457 e. The minimum atomic E-state index is -0.372. The van der Waals surface area contributed by atoms with Crippen molar-refractivity contribution in [2.45, 2.75) is 25.8 Å². The number of aromatic nitrogens is 1. The average Bonchev–Trinajstić information content (AvgIpc) is 3.37. The maximum atomic E-state index is 13.6. The van der Waals surface area contributed by atoms with E-state index in [-0.39, 0.29) is 23.9 Å². The summed E-state index contributed by atoms with van der Waals surface area (Å²) in [4.78, 5) is 48.4. The third-order valence-electron chi connectivity index (χ3n) is 7.31. The number of aryl methyl sites for hydroxylation is 1. The molecule has 2 aliphatic heterocycles. The number of ether oxygens (including phenoxy) is 1. The molecule has 0 spiro atoms. The third kappa shape index (κ3) is 5.31. The van der Waals surface area contributed by atoms with Gasteiger partial charge in [-0.3, -0.25) is 14.5 Å². The van der Waals surface area contributed by atoms with Crippen molar-refractivity contribution in [1.82, 2.24) is 15.2 Å². The molecule has 6 rings (SSSR count). The van der Waals surface area contributed by atoms with Gasteiger partial charge in [0.15, 0.2) is 0 Å². The van der Waals surface area contributed by atoms with Crippen LogP contribution in [0, 0.1) is 6.92 Å². The Labute approximate surface area is 246 Å². The van der Waals surface area contributed by atoms with Crippen LogP contribution in [-0.2, 0) is 4.79 Å². The van der Waals surface area contributed by atoms with Gasteiger partial charge in [-0.25, -0.2) is 9.78 Å². The van der Waals surface area contributed by atoms with Crippen molar-refractivity contribution in [3.63, 3.8) is 0 Å². The zero-order valence-electron chi connectivity index (χ0n) is 23.0. The van der Waals surface area contributed by atoms with Crippen LogP contribution in [0.5, 0.6) is 11.5 Å². The smallest absolute Gasteiger partial charge is 0.331 e. The highest BCUT2D eigenvalue weighted by Gasteiger charge is 2.34. The number of likely N-dealkylation sites (tertiary alicyclic amines) is 1. The van der Waals surface area contributed by atoms with E-state index < -0.39 is 0 Å². The summed E-state index contributed by atoms with van der Waals surface area (Å²) in [5.74, 6) is 0.963. The summed E-state index contributed by atoms with van der Waals surface area (Å²) in [5.41, 5.74) is 8.11. The molecular formula is C31H30N6O4S. The van der Waals surface area contributed by atoms with Crippen molar-refractivity contribution < 1.29 is 19.1 Å². The van der Waals surface area contributed by atoms with Gasteiger partial charge in [-0.15, -0.1) is 11.3 Å². The molecule has 2 aromatic heterocycles. The van der Waals surface area contributed by atoms with Gasteiger partial charge in [-0.2, -0.15) is 0 Å². The standard InChI is InChI=1S/C31H30N6O4S/c1-19-17-22(41-21-8-3-2-4-9-21)11-12-23(19)37-24-13-15-33-30-26(24)27(35-31(37)40)28(42-30)29(39)34-20-7-6-16-36(18-20)25(38)10-5-14-32/h2-5,8-13,15,17,20H,6-7,14,16,18,32H2,1H3,(H,34,39)(H,35,40). The predicted octanol–water partition coefficient (Wildman–Crippen LogP) is 5.32. The molecule has 1 unspecified atom stereocenters. The van der Waals surface area contributed by atoms with Crippen LogP contribution >= 0.6 is 11.3 Å². The lowest BCUT2D eigenvalue weighted by molar-refractivity contribution is -0.127. The van der Waals surface area contributed by atoms with E-state index in [0.29, 0.717) is 57.5 Å². The van der Waals surface area contributed by atoms with Crippen LogP contribution in [0.25, 0.3) is 10.2 Å². The van der Waals surface area contributed by atoms with E-state index in [1.54, 1.807) is 28.1 Å². The van der Waals surface area contributed by atoms with Crippen molar-refractivity contribution in [2.75, 3.05) is 29.9 Å². The first kappa shape index (κ1) is 27.4. The highest BCUT2D eigenvalue weighted by molar-refractivity contribution is 7.21. The number of para-hydroxylation sites is 1. The van der Waals surface area contributed by atoms with E-state index in [2.05, 4.69) is 15.6 Å².